The molecule has 2 N–H and O–H groups in total. The van der Waals surface area contributed by atoms with Gasteiger partial charge in [-0.1, -0.05) is 13.3 Å². The molecule has 0 aliphatic carbocycles. The molecule has 0 saturated carbocycles. The molecule has 5 nitrogen and oxygen atoms in total. The van der Waals surface area contributed by atoms with E-state index in [2.05, 4.69) is 4.98 Å². The van der Waals surface area contributed by atoms with Crippen molar-refractivity contribution in [1.29, 1.82) is 0 Å². The highest BCUT2D eigenvalue weighted by molar-refractivity contribution is 5.24. The van der Waals surface area contributed by atoms with Crippen LogP contribution in [0.2, 0.25) is 0 Å². The zero-order chi connectivity index (χ0) is 10.6. The number of aromatic nitrogens is 1. The molecule has 0 aliphatic rings. The summed E-state index contributed by atoms with van der Waals surface area (Å²) in [4.78, 5) is 13.5. The summed E-state index contributed by atoms with van der Waals surface area (Å²) in [6.07, 6.45) is 3.32. The molecule has 0 fully saturated rings. The topological polar surface area (TPSA) is 82.0 Å². The number of pyridine rings is 1. The number of rotatable bonds is 4. The van der Waals surface area contributed by atoms with Crippen LogP contribution in [0.1, 0.15) is 31.4 Å². The maximum absolute atomic E-state index is 10.3. The SMILES string of the molecule is CCC[C@@H](N)c1ccc([N+](=O)[O-])nc1. The predicted octanol–water partition coefficient (Wildman–Crippen LogP) is 1.79. The van der Waals surface area contributed by atoms with Crippen LogP contribution in [-0.2, 0) is 0 Å². The zero-order valence-electron chi connectivity index (χ0n) is 8.01. The second kappa shape index (κ2) is 4.66. The lowest BCUT2D eigenvalue weighted by atomic mass is 10.1. The summed E-state index contributed by atoms with van der Waals surface area (Å²) in [7, 11) is 0. The van der Waals surface area contributed by atoms with Gasteiger partial charge in [0.15, 0.2) is 0 Å². The van der Waals surface area contributed by atoms with E-state index in [0.717, 1.165) is 18.4 Å². The summed E-state index contributed by atoms with van der Waals surface area (Å²) in [6.45, 7) is 2.04. The first-order valence-corrected chi connectivity index (χ1v) is 4.51. The third-order valence-electron chi connectivity index (χ3n) is 1.99. The quantitative estimate of drug-likeness (QED) is 0.586. The van der Waals surface area contributed by atoms with E-state index in [-0.39, 0.29) is 11.9 Å². The van der Waals surface area contributed by atoms with Crippen LogP contribution in [-0.4, -0.2) is 9.91 Å². The highest BCUT2D eigenvalue weighted by Crippen LogP contribution is 2.16. The number of hydrogen-bond donors (Lipinski definition) is 1. The van der Waals surface area contributed by atoms with E-state index in [9.17, 15) is 10.1 Å². The van der Waals surface area contributed by atoms with Gasteiger partial charge >= 0.3 is 5.82 Å². The maximum Gasteiger partial charge on any atom is 0.363 e. The Morgan fingerprint density at radius 3 is 2.79 bits per heavy atom. The Morgan fingerprint density at radius 2 is 2.36 bits per heavy atom. The fraction of sp³-hybridized carbons (Fsp3) is 0.444. The van der Waals surface area contributed by atoms with Crippen molar-refractivity contribution >= 4 is 5.82 Å². The summed E-state index contributed by atoms with van der Waals surface area (Å²) in [5, 5.41) is 10.3. The van der Waals surface area contributed by atoms with Gasteiger partial charge in [0.1, 0.15) is 6.20 Å². The van der Waals surface area contributed by atoms with Crippen LogP contribution in [0.15, 0.2) is 18.3 Å². The average molecular weight is 195 g/mol. The molecule has 1 rings (SSSR count). The highest BCUT2D eigenvalue weighted by atomic mass is 16.6. The molecular formula is C9H13N3O2. The van der Waals surface area contributed by atoms with Gasteiger partial charge in [0, 0.05) is 17.7 Å². The molecule has 0 unspecified atom stereocenters. The Hall–Kier alpha value is -1.49. The minimum atomic E-state index is -0.519. The lowest BCUT2D eigenvalue weighted by Crippen LogP contribution is -2.10. The molecule has 0 aromatic carbocycles. The molecule has 5 heteroatoms. The molecular weight excluding hydrogens is 182 g/mol. The maximum atomic E-state index is 10.3. The molecule has 0 spiro atoms. The minimum Gasteiger partial charge on any atom is -0.358 e. The van der Waals surface area contributed by atoms with Crippen LogP contribution in [0, 0.1) is 10.1 Å². The van der Waals surface area contributed by atoms with Gasteiger partial charge in [0.05, 0.1) is 0 Å². The van der Waals surface area contributed by atoms with Crippen LogP contribution in [0.25, 0.3) is 0 Å². The van der Waals surface area contributed by atoms with E-state index in [0.29, 0.717) is 0 Å². The molecule has 76 valence electrons. The lowest BCUT2D eigenvalue weighted by molar-refractivity contribution is -0.389. The molecule has 0 radical (unpaired) electrons. The Morgan fingerprint density at radius 1 is 1.64 bits per heavy atom. The summed E-state index contributed by atoms with van der Waals surface area (Å²) in [5.74, 6) is -0.141. The van der Waals surface area contributed by atoms with E-state index < -0.39 is 4.92 Å². The van der Waals surface area contributed by atoms with Crippen molar-refractivity contribution in [3.63, 3.8) is 0 Å². The molecule has 0 saturated heterocycles. The third kappa shape index (κ3) is 2.50. The molecule has 1 heterocycles. The van der Waals surface area contributed by atoms with Crippen molar-refractivity contribution in [2.75, 3.05) is 0 Å². The first-order chi connectivity index (χ1) is 6.65. The van der Waals surface area contributed by atoms with Gasteiger partial charge in [0.25, 0.3) is 0 Å². The third-order valence-corrected chi connectivity index (χ3v) is 1.99. The van der Waals surface area contributed by atoms with Crippen LogP contribution in [0.3, 0.4) is 0 Å². The van der Waals surface area contributed by atoms with Crippen LogP contribution in [0.5, 0.6) is 0 Å². The molecule has 0 bridgehead atoms. The predicted molar refractivity (Wildman–Crippen MR) is 52.7 cm³/mol. The van der Waals surface area contributed by atoms with Gasteiger partial charge in [0.2, 0.25) is 0 Å². The lowest BCUT2D eigenvalue weighted by Gasteiger charge is -2.07. The van der Waals surface area contributed by atoms with E-state index in [4.69, 9.17) is 5.73 Å². The Kier molecular flexibility index (Phi) is 3.53. The Balaban J connectivity index is 2.77. The van der Waals surface area contributed by atoms with E-state index >= 15 is 0 Å². The van der Waals surface area contributed by atoms with Crippen LogP contribution < -0.4 is 5.73 Å². The summed E-state index contributed by atoms with van der Waals surface area (Å²) >= 11 is 0. The average Bonchev–Trinajstić information content (AvgIpc) is 2.18. The fourth-order valence-electron chi connectivity index (χ4n) is 1.20. The number of nitrogens with zero attached hydrogens (tertiary/aromatic N) is 2. The van der Waals surface area contributed by atoms with Gasteiger partial charge in [-0.3, -0.25) is 0 Å². The Labute approximate surface area is 82.1 Å². The summed E-state index contributed by atoms with van der Waals surface area (Å²) < 4.78 is 0. The van der Waals surface area contributed by atoms with Gasteiger partial charge in [-0.25, -0.2) is 0 Å². The van der Waals surface area contributed by atoms with E-state index in [1.807, 2.05) is 6.92 Å². The van der Waals surface area contributed by atoms with Gasteiger partial charge in [-0.15, -0.1) is 0 Å². The number of nitro groups is 1. The minimum absolute atomic E-state index is 0.0756. The first-order valence-electron chi connectivity index (χ1n) is 4.51. The van der Waals surface area contributed by atoms with Gasteiger partial charge in [-0.05, 0) is 22.4 Å². The molecule has 14 heavy (non-hydrogen) atoms. The van der Waals surface area contributed by atoms with Crippen molar-refractivity contribution in [3.05, 3.63) is 34.0 Å². The largest absolute Gasteiger partial charge is 0.363 e. The van der Waals surface area contributed by atoms with Crippen molar-refractivity contribution in [2.24, 2.45) is 5.73 Å². The number of hydrogen-bond acceptors (Lipinski definition) is 4. The standard InChI is InChI=1S/C9H13N3O2/c1-2-3-8(10)7-4-5-9(11-6-7)12(13)14/h4-6,8H,2-3,10H2,1H3/t8-/m1/s1. The van der Waals surface area contributed by atoms with Crippen molar-refractivity contribution in [3.8, 4) is 0 Å². The summed E-state index contributed by atoms with van der Waals surface area (Å²) in [6, 6.07) is 2.96. The van der Waals surface area contributed by atoms with Crippen molar-refractivity contribution in [1.82, 2.24) is 4.98 Å². The Bertz CT molecular complexity index is 310. The van der Waals surface area contributed by atoms with Crippen LogP contribution >= 0.6 is 0 Å². The fourth-order valence-corrected chi connectivity index (χ4v) is 1.20. The molecule has 1 aromatic heterocycles. The first kappa shape index (κ1) is 10.6. The number of nitrogens with two attached hydrogens (primary N) is 1. The zero-order valence-corrected chi connectivity index (χ0v) is 8.01. The highest BCUT2D eigenvalue weighted by Gasteiger charge is 2.10. The smallest absolute Gasteiger partial charge is 0.358 e. The molecule has 0 amide bonds. The van der Waals surface area contributed by atoms with Gasteiger partial charge in [-0.2, -0.15) is 0 Å². The molecule has 1 atom stereocenters. The van der Waals surface area contributed by atoms with E-state index in [1.54, 1.807) is 6.07 Å². The second-order valence-corrected chi connectivity index (χ2v) is 3.10. The molecule has 1 aromatic rings. The summed E-state index contributed by atoms with van der Waals surface area (Å²) in [5.41, 5.74) is 6.67. The normalized spacial score (nSPS) is 12.4. The monoisotopic (exact) mass is 195 g/mol. The van der Waals surface area contributed by atoms with Crippen molar-refractivity contribution < 1.29 is 4.92 Å². The van der Waals surface area contributed by atoms with Gasteiger partial charge < -0.3 is 15.8 Å². The van der Waals surface area contributed by atoms with Crippen molar-refractivity contribution in [2.45, 2.75) is 25.8 Å². The van der Waals surface area contributed by atoms with Crippen LogP contribution in [0.4, 0.5) is 5.82 Å². The molecule has 0 aliphatic heterocycles. The second-order valence-electron chi connectivity index (χ2n) is 3.10. The van der Waals surface area contributed by atoms with E-state index in [1.165, 1.54) is 12.3 Å².